The van der Waals surface area contributed by atoms with Gasteiger partial charge >= 0.3 is 0 Å². The highest BCUT2D eigenvalue weighted by molar-refractivity contribution is 5.84. The Balaban J connectivity index is 1.73. The van der Waals surface area contributed by atoms with Gasteiger partial charge in [0.2, 0.25) is 12.4 Å². The van der Waals surface area contributed by atoms with Gasteiger partial charge in [-0.3, -0.25) is 4.79 Å². The number of hydrogen-bond acceptors (Lipinski definition) is 5. The van der Waals surface area contributed by atoms with Crippen LogP contribution in [-0.4, -0.2) is 22.4 Å². The second-order valence-corrected chi connectivity index (χ2v) is 7.95. The number of fused-ring (bicyclic) bond motifs is 1. The lowest BCUT2D eigenvalue weighted by molar-refractivity contribution is -0.108. The van der Waals surface area contributed by atoms with Crippen LogP contribution in [-0.2, 0) is 23.1 Å². The summed E-state index contributed by atoms with van der Waals surface area (Å²) in [7, 11) is 0. The van der Waals surface area contributed by atoms with Gasteiger partial charge in [0.1, 0.15) is 5.69 Å². The lowest BCUT2D eigenvalue weighted by atomic mass is 9.86. The molecule has 2 aromatic rings. The topological polar surface area (TPSA) is 98.1 Å². The predicted molar refractivity (Wildman–Crippen MR) is 105 cm³/mol. The van der Waals surface area contributed by atoms with Gasteiger partial charge in [0, 0.05) is 6.04 Å². The summed E-state index contributed by atoms with van der Waals surface area (Å²) in [6, 6.07) is 8.84. The third kappa shape index (κ3) is 3.64. The van der Waals surface area contributed by atoms with Crippen LogP contribution in [0.25, 0.3) is 0 Å². The van der Waals surface area contributed by atoms with Crippen LogP contribution in [0.15, 0.2) is 24.3 Å². The molecule has 138 valence electrons. The zero-order chi connectivity index (χ0) is 18.9. The van der Waals surface area contributed by atoms with Gasteiger partial charge in [-0.05, 0) is 42.2 Å². The summed E-state index contributed by atoms with van der Waals surface area (Å²) in [5.74, 6) is 0.434. The van der Waals surface area contributed by atoms with E-state index >= 15 is 0 Å². The number of nitrogen functional groups attached to an aromatic ring is 2. The second kappa shape index (κ2) is 6.94. The van der Waals surface area contributed by atoms with Gasteiger partial charge in [-0.2, -0.15) is 4.98 Å². The van der Waals surface area contributed by atoms with Crippen molar-refractivity contribution in [3.63, 3.8) is 0 Å². The molecule has 1 amide bonds. The maximum Gasteiger partial charge on any atom is 0.222 e. The van der Waals surface area contributed by atoms with Crippen molar-refractivity contribution in [1.29, 1.82) is 0 Å². The molecule has 1 aromatic heterocycles. The van der Waals surface area contributed by atoms with Crippen molar-refractivity contribution < 1.29 is 4.79 Å². The van der Waals surface area contributed by atoms with Crippen LogP contribution in [0.2, 0.25) is 0 Å². The smallest absolute Gasteiger partial charge is 0.222 e. The first-order chi connectivity index (χ1) is 12.3. The Morgan fingerprint density at radius 1 is 1.19 bits per heavy atom. The average molecular weight is 353 g/mol. The van der Waals surface area contributed by atoms with Gasteiger partial charge in [0.25, 0.3) is 0 Å². The summed E-state index contributed by atoms with van der Waals surface area (Å²) in [6.45, 7) is 6.63. The SMILES string of the molecule is CC(C)(C)c1ccc(CCC2CCc3nc(N)nc(N)c3N2C=O)cc1. The number of anilines is 3. The number of rotatable bonds is 4. The molecule has 0 spiro atoms. The maximum atomic E-state index is 11.7. The third-order valence-corrected chi connectivity index (χ3v) is 5.07. The van der Waals surface area contributed by atoms with Crippen molar-refractivity contribution in [1.82, 2.24) is 9.97 Å². The first-order valence-corrected chi connectivity index (χ1v) is 9.04. The van der Waals surface area contributed by atoms with E-state index < -0.39 is 0 Å². The summed E-state index contributed by atoms with van der Waals surface area (Å²) in [5, 5.41) is 0. The molecule has 0 saturated heterocycles. The van der Waals surface area contributed by atoms with E-state index in [1.807, 2.05) is 0 Å². The van der Waals surface area contributed by atoms with E-state index in [0.29, 0.717) is 5.69 Å². The molecule has 6 nitrogen and oxygen atoms in total. The summed E-state index contributed by atoms with van der Waals surface area (Å²) >= 11 is 0. The zero-order valence-electron chi connectivity index (χ0n) is 15.7. The van der Waals surface area contributed by atoms with Crippen LogP contribution in [0.3, 0.4) is 0 Å². The largest absolute Gasteiger partial charge is 0.382 e. The molecule has 1 aromatic carbocycles. The third-order valence-electron chi connectivity index (χ3n) is 5.07. The molecule has 0 saturated carbocycles. The van der Waals surface area contributed by atoms with E-state index in [9.17, 15) is 4.79 Å². The van der Waals surface area contributed by atoms with Crippen molar-refractivity contribution >= 4 is 23.9 Å². The molecule has 0 bridgehead atoms. The van der Waals surface area contributed by atoms with Gasteiger partial charge < -0.3 is 16.4 Å². The Hall–Kier alpha value is -2.63. The number of aromatic nitrogens is 2. The van der Waals surface area contributed by atoms with Gasteiger partial charge in [0.05, 0.1) is 5.69 Å². The van der Waals surface area contributed by atoms with Crippen LogP contribution in [0.1, 0.15) is 50.4 Å². The Bertz CT molecular complexity index is 795. The van der Waals surface area contributed by atoms with Gasteiger partial charge in [-0.1, -0.05) is 45.0 Å². The lowest BCUT2D eigenvalue weighted by Gasteiger charge is -2.34. The van der Waals surface area contributed by atoms with Crippen molar-refractivity contribution in [2.24, 2.45) is 0 Å². The van der Waals surface area contributed by atoms with E-state index in [1.54, 1.807) is 4.90 Å². The van der Waals surface area contributed by atoms with Gasteiger partial charge in [-0.15, -0.1) is 0 Å². The number of hydrogen-bond donors (Lipinski definition) is 2. The molecule has 2 heterocycles. The van der Waals surface area contributed by atoms with E-state index in [0.717, 1.165) is 37.8 Å². The predicted octanol–water partition coefficient (Wildman–Crippen LogP) is 2.85. The molecule has 3 rings (SSSR count). The summed E-state index contributed by atoms with van der Waals surface area (Å²) < 4.78 is 0. The van der Waals surface area contributed by atoms with Gasteiger partial charge in [0.15, 0.2) is 5.82 Å². The van der Waals surface area contributed by atoms with E-state index in [1.165, 1.54) is 11.1 Å². The van der Waals surface area contributed by atoms with Crippen LogP contribution in [0, 0.1) is 0 Å². The van der Waals surface area contributed by atoms with E-state index in [4.69, 9.17) is 11.5 Å². The molecule has 0 aliphatic carbocycles. The normalized spacial score (nSPS) is 17.0. The van der Waals surface area contributed by atoms with Gasteiger partial charge in [-0.25, -0.2) is 4.98 Å². The number of carbonyl (C=O) groups excluding carboxylic acids is 1. The highest BCUT2D eigenvalue weighted by Gasteiger charge is 2.29. The standard InChI is InChI=1S/C20H27N5O/c1-20(2,3)14-7-4-13(5-8-14)6-9-15-10-11-16-17(25(15)12-26)18(21)24-19(22)23-16/h4-5,7-8,12,15H,6,9-11H2,1-3H3,(H4,21,22,23,24). The molecule has 1 atom stereocenters. The van der Waals surface area contributed by atoms with Crippen molar-refractivity contribution in [2.45, 2.75) is 57.9 Å². The quantitative estimate of drug-likeness (QED) is 0.824. The Morgan fingerprint density at radius 2 is 1.88 bits per heavy atom. The van der Waals surface area contributed by atoms with Crippen molar-refractivity contribution in [2.75, 3.05) is 16.4 Å². The summed E-state index contributed by atoms with van der Waals surface area (Å²) in [4.78, 5) is 21.7. The molecular weight excluding hydrogens is 326 g/mol. The first-order valence-electron chi connectivity index (χ1n) is 9.04. The van der Waals surface area contributed by atoms with E-state index in [2.05, 4.69) is 55.0 Å². The molecule has 26 heavy (non-hydrogen) atoms. The molecule has 1 unspecified atom stereocenters. The molecule has 0 radical (unpaired) electrons. The summed E-state index contributed by atoms with van der Waals surface area (Å²) in [5.41, 5.74) is 15.8. The Morgan fingerprint density at radius 3 is 2.50 bits per heavy atom. The second-order valence-electron chi connectivity index (χ2n) is 7.95. The van der Waals surface area contributed by atoms with Crippen LogP contribution < -0.4 is 16.4 Å². The minimum Gasteiger partial charge on any atom is -0.382 e. The molecule has 6 heteroatoms. The first kappa shape index (κ1) is 18.2. The highest BCUT2D eigenvalue weighted by atomic mass is 16.1. The fourth-order valence-electron chi connectivity index (χ4n) is 3.55. The molecule has 4 N–H and O–H groups in total. The van der Waals surface area contributed by atoms with Crippen molar-refractivity contribution in [3.8, 4) is 0 Å². The minimum atomic E-state index is 0.0943. The average Bonchev–Trinajstić information content (AvgIpc) is 2.59. The number of nitrogens with zero attached hydrogens (tertiary/aromatic N) is 3. The number of benzene rings is 1. The molecule has 1 aliphatic heterocycles. The fourth-order valence-corrected chi connectivity index (χ4v) is 3.55. The fraction of sp³-hybridized carbons (Fsp3) is 0.450. The van der Waals surface area contributed by atoms with Crippen LogP contribution in [0.4, 0.5) is 17.5 Å². The monoisotopic (exact) mass is 353 g/mol. The Kier molecular flexibility index (Phi) is 4.85. The zero-order valence-corrected chi connectivity index (χ0v) is 15.7. The van der Waals surface area contributed by atoms with E-state index in [-0.39, 0.29) is 23.2 Å². The van der Waals surface area contributed by atoms with Crippen LogP contribution >= 0.6 is 0 Å². The molecule has 0 fully saturated rings. The summed E-state index contributed by atoms with van der Waals surface area (Å²) in [6.07, 6.45) is 4.22. The number of aryl methyl sites for hydroxylation is 2. The Labute approximate surface area is 154 Å². The molecule has 1 aliphatic rings. The van der Waals surface area contributed by atoms with Crippen LogP contribution in [0.5, 0.6) is 0 Å². The maximum absolute atomic E-state index is 11.7. The van der Waals surface area contributed by atoms with Crippen molar-refractivity contribution in [3.05, 3.63) is 41.1 Å². The lowest BCUT2D eigenvalue weighted by Crippen LogP contribution is -2.40. The number of carbonyl (C=O) groups is 1. The minimum absolute atomic E-state index is 0.0943. The number of amides is 1. The highest BCUT2D eigenvalue weighted by Crippen LogP contribution is 2.34. The molecular formula is C20H27N5O. The number of nitrogens with two attached hydrogens (primary N) is 2.